The van der Waals surface area contributed by atoms with E-state index in [1.807, 2.05) is 37.3 Å². The van der Waals surface area contributed by atoms with E-state index in [4.69, 9.17) is 14.6 Å². The zero-order valence-electron chi connectivity index (χ0n) is 20.4. The summed E-state index contributed by atoms with van der Waals surface area (Å²) < 4.78 is 12.0. The number of ether oxygens (including phenoxy) is 2. The average Bonchev–Trinajstić information content (AvgIpc) is 3.29. The van der Waals surface area contributed by atoms with Gasteiger partial charge in [0.1, 0.15) is 18.0 Å². The summed E-state index contributed by atoms with van der Waals surface area (Å²) >= 11 is 0. The van der Waals surface area contributed by atoms with E-state index in [0.717, 1.165) is 16.9 Å². The van der Waals surface area contributed by atoms with Crippen molar-refractivity contribution in [2.24, 2.45) is 11.8 Å². The van der Waals surface area contributed by atoms with E-state index in [0.29, 0.717) is 25.7 Å². The standard InChI is InChI=1S/C27H35NO6/c1-5-6-9-17(2)22(34-27(32)28(3)4)15-14-19-21(29)16-23-25(19)20-12-7-10-18(26(20)33-23)11-8-13-24(30)31/h7,10,12,14-15,17,19,21-23,25,29H,8-9,11,13,16H2,1-4H3,(H,30,31)/b15-14+/t17-,19-,21+,22+,23-,25-/m0/s1. The van der Waals surface area contributed by atoms with Crippen LogP contribution in [0.4, 0.5) is 4.79 Å². The first-order valence-electron chi connectivity index (χ1n) is 11.9. The summed E-state index contributed by atoms with van der Waals surface area (Å²) in [6.07, 6.45) is 4.68. The second-order valence-corrected chi connectivity index (χ2v) is 9.38. The van der Waals surface area contributed by atoms with Crippen molar-refractivity contribution in [2.75, 3.05) is 14.1 Å². The highest BCUT2D eigenvalue weighted by Crippen LogP contribution is 2.52. The number of carboxylic acid groups (broad SMARTS) is 1. The third-order valence-corrected chi connectivity index (χ3v) is 6.61. The van der Waals surface area contributed by atoms with Gasteiger partial charge in [-0.2, -0.15) is 0 Å². The molecule has 7 nitrogen and oxygen atoms in total. The van der Waals surface area contributed by atoms with Crippen molar-refractivity contribution in [3.63, 3.8) is 0 Å². The maximum absolute atomic E-state index is 12.2. The molecule has 1 heterocycles. The van der Waals surface area contributed by atoms with E-state index in [-0.39, 0.29) is 30.3 Å². The lowest BCUT2D eigenvalue weighted by molar-refractivity contribution is -0.137. The lowest BCUT2D eigenvalue weighted by atomic mass is 9.86. The van der Waals surface area contributed by atoms with Gasteiger partial charge in [0.15, 0.2) is 0 Å². The largest absolute Gasteiger partial charge is 0.489 e. The number of amides is 1. The number of aliphatic hydroxyl groups is 1. The SMILES string of the molecule is CC#CC[C@H](C)[C@@H](/C=C/[C@@H]1[C@H]2c3cccc(CCCC(=O)O)c3O[C@H]2C[C@H]1O)OC(=O)N(C)C. The normalized spacial score (nSPS) is 24.4. The fourth-order valence-electron chi connectivity index (χ4n) is 4.78. The van der Waals surface area contributed by atoms with Gasteiger partial charge in [0.25, 0.3) is 0 Å². The fourth-order valence-corrected chi connectivity index (χ4v) is 4.78. The Morgan fingerprint density at radius 3 is 2.79 bits per heavy atom. The zero-order chi connectivity index (χ0) is 24.8. The number of para-hydroxylation sites is 1. The topological polar surface area (TPSA) is 96.3 Å². The van der Waals surface area contributed by atoms with Gasteiger partial charge in [-0.05, 0) is 31.4 Å². The van der Waals surface area contributed by atoms with Crippen molar-refractivity contribution >= 4 is 12.1 Å². The zero-order valence-corrected chi connectivity index (χ0v) is 20.4. The molecular formula is C27H35NO6. The highest BCUT2D eigenvalue weighted by atomic mass is 16.6. The predicted octanol–water partition coefficient (Wildman–Crippen LogP) is 3.99. The van der Waals surface area contributed by atoms with Crippen LogP contribution in [0.25, 0.3) is 0 Å². The highest BCUT2D eigenvalue weighted by Gasteiger charge is 2.49. The molecule has 34 heavy (non-hydrogen) atoms. The molecule has 0 bridgehead atoms. The molecule has 1 aliphatic carbocycles. The lowest BCUT2D eigenvalue weighted by Gasteiger charge is -2.23. The first kappa shape index (κ1) is 25.6. The summed E-state index contributed by atoms with van der Waals surface area (Å²) in [5, 5.41) is 19.8. The van der Waals surface area contributed by atoms with Crippen molar-refractivity contribution in [1.82, 2.24) is 4.90 Å². The molecule has 2 aliphatic rings. The summed E-state index contributed by atoms with van der Waals surface area (Å²) in [5.74, 6) is 5.78. The minimum absolute atomic E-state index is 0.00314. The van der Waals surface area contributed by atoms with Crippen LogP contribution in [0.1, 0.15) is 56.6 Å². The maximum atomic E-state index is 12.2. The Bertz CT molecular complexity index is 975. The first-order chi connectivity index (χ1) is 16.2. The molecule has 0 radical (unpaired) electrons. The molecule has 1 saturated carbocycles. The first-order valence-corrected chi connectivity index (χ1v) is 11.9. The molecule has 0 saturated heterocycles. The van der Waals surface area contributed by atoms with Gasteiger partial charge in [0.2, 0.25) is 0 Å². The van der Waals surface area contributed by atoms with Gasteiger partial charge >= 0.3 is 12.1 Å². The molecule has 3 rings (SSSR count). The quantitative estimate of drug-likeness (QED) is 0.419. The third kappa shape index (κ3) is 5.92. The predicted molar refractivity (Wildman–Crippen MR) is 129 cm³/mol. The summed E-state index contributed by atoms with van der Waals surface area (Å²) in [6.45, 7) is 3.78. The molecule has 0 spiro atoms. The van der Waals surface area contributed by atoms with Crippen LogP contribution >= 0.6 is 0 Å². The Hall–Kier alpha value is -2.98. The molecule has 6 atom stereocenters. The highest BCUT2D eigenvalue weighted by molar-refractivity contribution is 5.67. The van der Waals surface area contributed by atoms with Gasteiger partial charge in [-0.25, -0.2) is 4.79 Å². The van der Waals surface area contributed by atoms with E-state index in [9.17, 15) is 14.7 Å². The molecule has 2 N–H and O–H groups in total. The van der Waals surface area contributed by atoms with Crippen molar-refractivity contribution < 1.29 is 29.3 Å². The van der Waals surface area contributed by atoms with Gasteiger partial charge < -0.3 is 24.6 Å². The number of aryl methyl sites for hydroxylation is 1. The van der Waals surface area contributed by atoms with Crippen molar-refractivity contribution in [3.8, 4) is 17.6 Å². The van der Waals surface area contributed by atoms with Gasteiger partial charge in [0, 0.05) is 56.7 Å². The summed E-state index contributed by atoms with van der Waals surface area (Å²) in [4.78, 5) is 24.5. The van der Waals surface area contributed by atoms with E-state index in [2.05, 4.69) is 11.8 Å². The molecular weight excluding hydrogens is 434 g/mol. The van der Waals surface area contributed by atoms with E-state index in [1.165, 1.54) is 4.90 Å². The number of fused-ring (bicyclic) bond motifs is 3. The van der Waals surface area contributed by atoms with E-state index in [1.54, 1.807) is 21.0 Å². The van der Waals surface area contributed by atoms with Gasteiger partial charge in [-0.15, -0.1) is 11.8 Å². The molecule has 1 amide bonds. The number of carbonyl (C=O) groups excluding carboxylic acids is 1. The second kappa shape index (κ2) is 11.4. The summed E-state index contributed by atoms with van der Waals surface area (Å²) in [5.41, 5.74) is 2.06. The molecule has 1 aliphatic heterocycles. The lowest BCUT2D eigenvalue weighted by Crippen LogP contribution is -2.30. The number of carboxylic acids is 1. The minimum Gasteiger partial charge on any atom is -0.489 e. The number of aliphatic carboxylic acids is 1. The Kier molecular flexibility index (Phi) is 8.62. The maximum Gasteiger partial charge on any atom is 0.409 e. The smallest absolute Gasteiger partial charge is 0.409 e. The van der Waals surface area contributed by atoms with E-state index >= 15 is 0 Å². The van der Waals surface area contributed by atoms with Crippen LogP contribution in [0.2, 0.25) is 0 Å². The Morgan fingerprint density at radius 2 is 2.12 bits per heavy atom. The number of aliphatic hydroxyl groups excluding tert-OH is 1. The monoisotopic (exact) mass is 469 g/mol. The number of nitrogens with zero attached hydrogens (tertiary/aromatic N) is 1. The summed E-state index contributed by atoms with van der Waals surface area (Å²) in [7, 11) is 3.29. The number of hydrogen-bond donors (Lipinski definition) is 2. The van der Waals surface area contributed by atoms with Crippen molar-refractivity contribution in [2.45, 2.75) is 70.2 Å². The number of hydrogen-bond acceptors (Lipinski definition) is 5. The van der Waals surface area contributed by atoms with Crippen LogP contribution in [0.5, 0.6) is 5.75 Å². The number of carbonyl (C=O) groups is 2. The second-order valence-electron chi connectivity index (χ2n) is 9.38. The Labute approximate surface area is 201 Å². The third-order valence-electron chi connectivity index (χ3n) is 6.61. The van der Waals surface area contributed by atoms with Crippen LogP contribution in [0.15, 0.2) is 30.4 Å². The van der Waals surface area contributed by atoms with Crippen LogP contribution in [0, 0.1) is 23.7 Å². The fraction of sp³-hybridized carbons (Fsp3) is 0.556. The van der Waals surface area contributed by atoms with Crippen LogP contribution in [0.3, 0.4) is 0 Å². The molecule has 0 unspecified atom stereocenters. The molecule has 184 valence electrons. The molecule has 1 fully saturated rings. The molecule has 7 heteroatoms. The molecule has 0 aromatic heterocycles. The van der Waals surface area contributed by atoms with Gasteiger partial charge in [0.05, 0.1) is 6.10 Å². The van der Waals surface area contributed by atoms with Crippen molar-refractivity contribution in [1.29, 1.82) is 0 Å². The van der Waals surface area contributed by atoms with Crippen LogP contribution in [-0.2, 0) is 16.0 Å². The van der Waals surface area contributed by atoms with Gasteiger partial charge in [-0.3, -0.25) is 4.79 Å². The van der Waals surface area contributed by atoms with Crippen molar-refractivity contribution in [3.05, 3.63) is 41.5 Å². The van der Waals surface area contributed by atoms with Crippen LogP contribution in [-0.4, -0.2) is 59.6 Å². The number of benzene rings is 1. The average molecular weight is 470 g/mol. The Balaban J connectivity index is 1.81. The van der Waals surface area contributed by atoms with E-state index < -0.39 is 24.3 Å². The number of rotatable bonds is 9. The molecule has 1 aromatic rings. The Morgan fingerprint density at radius 1 is 1.35 bits per heavy atom. The van der Waals surface area contributed by atoms with Gasteiger partial charge in [-0.1, -0.05) is 31.2 Å². The summed E-state index contributed by atoms with van der Waals surface area (Å²) in [6, 6.07) is 5.98. The minimum atomic E-state index is -0.803. The van der Waals surface area contributed by atoms with Crippen LogP contribution < -0.4 is 4.74 Å². The molecule has 1 aromatic carbocycles.